The number of thiophene rings is 1. The molecule has 0 saturated carbocycles. The van der Waals surface area contributed by atoms with Gasteiger partial charge in [0.2, 0.25) is 0 Å². The van der Waals surface area contributed by atoms with Gasteiger partial charge < -0.3 is 4.98 Å². The molecule has 0 aromatic carbocycles. The van der Waals surface area contributed by atoms with Crippen molar-refractivity contribution in [2.75, 3.05) is 0 Å². The summed E-state index contributed by atoms with van der Waals surface area (Å²) in [4.78, 5) is 21.3. The summed E-state index contributed by atoms with van der Waals surface area (Å²) in [6, 6.07) is 0. The molecule has 1 aliphatic rings. The van der Waals surface area contributed by atoms with Crippen LogP contribution in [0, 0.1) is 0 Å². The molecule has 0 atom stereocenters. The van der Waals surface area contributed by atoms with Gasteiger partial charge in [-0.15, -0.1) is 11.3 Å². The summed E-state index contributed by atoms with van der Waals surface area (Å²) in [7, 11) is 0. The van der Waals surface area contributed by atoms with Crippen molar-refractivity contribution in [3.63, 3.8) is 0 Å². The van der Waals surface area contributed by atoms with Crippen LogP contribution in [0.1, 0.15) is 29.1 Å². The van der Waals surface area contributed by atoms with Gasteiger partial charge in [0.15, 0.2) is 0 Å². The van der Waals surface area contributed by atoms with Gasteiger partial charge in [0, 0.05) is 4.88 Å². The Bertz CT molecular complexity index is 624. The number of fused-ring (bicyclic) bond motifs is 3. The van der Waals surface area contributed by atoms with E-state index in [0.717, 1.165) is 23.1 Å². The third kappa shape index (κ3) is 1.33. The van der Waals surface area contributed by atoms with E-state index >= 15 is 0 Å². The molecule has 0 saturated heterocycles. The maximum atomic E-state index is 12.0. The quantitative estimate of drug-likeness (QED) is 0.821. The Balaban J connectivity index is 2.38. The highest BCUT2D eigenvalue weighted by molar-refractivity contribution is 7.18. The molecular weight excluding hydrogens is 220 g/mol. The number of aryl methyl sites for hydroxylation is 2. The Labute approximate surface area is 96.8 Å². The van der Waals surface area contributed by atoms with E-state index in [2.05, 4.69) is 16.5 Å². The van der Waals surface area contributed by atoms with Crippen molar-refractivity contribution in [1.82, 2.24) is 9.97 Å². The Morgan fingerprint density at radius 3 is 3.00 bits per heavy atom. The molecule has 1 N–H and O–H groups in total. The Morgan fingerprint density at radius 2 is 2.19 bits per heavy atom. The Hall–Kier alpha value is -1.42. The number of hydrogen-bond acceptors (Lipinski definition) is 3. The largest absolute Gasteiger partial charge is 0.306 e. The van der Waals surface area contributed by atoms with Gasteiger partial charge in [0.1, 0.15) is 10.7 Å². The number of aromatic nitrogens is 2. The molecule has 16 heavy (non-hydrogen) atoms. The molecule has 3 rings (SSSR count). The lowest BCUT2D eigenvalue weighted by molar-refractivity contribution is 0.700. The van der Waals surface area contributed by atoms with E-state index in [1.165, 1.54) is 23.3 Å². The summed E-state index contributed by atoms with van der Waals surface area (Å²) in [5, 5.41) is 0.810. The van der Waals surface area contributed by atoms with E-state index in [-0.39, 0.29) is 5.56 Å². The number of hydrogen-bond donors (Lipinski definition) is 1. The highest BCUT2D eigenvalue weighted by Gasteiger charge is 2.19. The van der Waals surface area contributed by atoms with Crippen LogP contribution in [-0.2, 0) is 12.8 Å². The van der Waals surface area contributed by atoms with Gasteiger partial charge >= 0.3 is 0 Å². The fraction of sp³-hybridized carbons (Fsp3) is 0.333. The summed E-state index contributed by atoms with van der Waals surface area (Å²) in [5.74, 6) is 0.566. The maximum Gasteiger partial charge on any atom is 0.260 e. The molecule has 0 aliphatic heterocycles. The molecule has 4 heteroatoms. The van der Waals surface area contributed by atoms with Crippen LogP contribution in [0.3, 0.4) is 0 Å². The van der Waals surface area contributed by atoms with E-state index in [0.29, 0.717) is 5.82 Å². The van der Waals surface area contributed by atoms with E-state index in [1.807, 2.05) is 0 Å². The summed E-state index contributed by atoms with van der Waals surface area (Å²) in [6.07, 6.45) is 6.11. The van der Waals surface area contributed by atoms with Crippen molar-refractivity contribution in [2.24, 2.45) is 0 Å². The predicted molar refractivity (Wildman–Crippen MR) is 67.0 cm³/mol. The van der Waals surface area contributed by atoms with Gasteiger partial charge in [-0.3, -0.25) is 4.79 Å². The fourth-order valence-electron chi connectivity index (χ4n) is 2.28. The number of nitrogens with one attached hydrogen (secondary N) is 1. The molecular formula is C12H12N2OS. The Kier molecular flexibility index (Phi) is 2.17. The second kappa shape index (κ2) is 3.56. The minimum atomic E-state index is -0.0145. The standard InChI is InChI=1S/C12H12N2OS/c1-2-9-13-11(15)10-7-5-3-4-6-8(7)16-12(10)14-9/h2H,1,3-6H2,(H,13,14,15). The molecule has 0 spiro atoms. The topological polar surface area (TPSA) is 45.8 Å². The molecule has 0 amide bonds. The fourth-order valence-corrected chi connectivity index (χ4v) is 3.55. The highest BCUT2D eigenvalue weighted by Crippen LogP contribution is 2.33. The number of H-pyrrole nitrogens is 1. The lowest BCUT2D eigenvalue weighted by atomic mass is 9.97. The summed E-state index contributed by atoms with van der Waals surface area (Å²) >= 11 is 1.66. The van der Waals surface area contributed by atoms with Crippen LogP contribution in [0.15, 0.2) is 11.4 Å². The van der Waals surface area contributed by atoms with Crippen molar-refractivity contribution >= 4 is 27.6 Å². The first-order valence-electron chi connectivity index (χ1n) is 5.46. The summed E-state index contributed by atoms with van der Waals surface area (Å²) < 4.78 is 0. The van der Waals surface area contributed by atoms with Crippen LogP contribution in [0.2, 0.25) is 0 Å². The SMILES string of the molecule is C=Cc1nc2sc3c(c2c(=O)[nH]1)CCCC3. The van der Waals surface area contributed by atoms with E-state index in [9.17, 15) is 4.79 Å². The normalized spacial score (nSPS) is 15.0. The van der Waals surface area contributed by atoms with Crippen LogP contribution in [0.5, 0.6) is 0 Å². The van der Waals surface area contributed by atoms with Gasteiger partial charge in [0.05, 0.1) is 5.39 Å². The summed E-state index contributed by atoms with van der Waals surface area (Å²) in [5.41, 5.74) is 1.22. The first-order valence-corrected chi connectivity index (χ1v) is 6.28. The van der Waals surface area contributed by atoms with Crippen LogP contribution in [-0.4, -0.2) is 9.97 Å². The molecule has 0 fully saturated rings. The minimum absolute atomic E-state index is 0.0145. The second-order valence-corrected chi connectivity index (χ2v) is 5.13. The van der Waals surface area contributed by atoms with Gasteiger partial charge in [-0.25, -0.2) is 4.98 Å². The Morgan fingerprint density at radius 1 is 1.38 bits per heavy atom. The van der Waals surface area contributed by atoms with Crippen molar-refractivity contribution in [1.29, 1.82) is 0 Å². The third-order valence-electron chi connectivity index (χ3n) is 3.04. The zero-order valence-corrected chi connectivity index (χ0v) is 9.69. The maximum absolute atomic E-state index is 12.0. The van der Waals surface area contributed by atoms with Crippen molar-refractivity contribution in [3.05, 3.63) is 33.2 Å². The lowest BCUT2D eigenvalue weighted by Gasteiger charge is -2.09. The molecule has 82 valence electrons. The van der Waals surface area contributed by atoms with Crippen LogP contribution in [0.25, 0.3) is 16.3 Å². The average molecular weight is 232 g/mol. The molecule has 3 nitrogen and oxygen atoms in total. The third-order valence-corrected chi connectivity index (χ3v) is 4.22. The lowest BCUT2D eigenvalue weighted by Crippen LogP contribution is -2.11. The molecule has 0 unspecified atom stereocenters. The predicted octanol–water partition coefficient (Wildman–Crippen LogP) is 2.51. The van der Waals surface area contributed by atoms with Crippen LogP contribution in [0.4, 0.5) is 0 Å². The van der Waals surface area contributed by atoms with E-state index in [4.69, 9.17) is 0 Å². The zero-order chi connectivity index (χ0) is 11.1. The van der Waals surface area contributed by atoms with E-state index in [1.54, 1.807) is 17.4 Å². The number of aromatic amines is 1. The van der Waals surface area contributed by atoms with Crippen LogP contribution < -0.4 is 5.56 Å². The molecule has 2 aromatic rings. The number of rotatable bonds is 1. The molecule has 0 radical (unpaired) electrons. The van der Waals surface area contributed by atoms with Gasteiger partial charge in [-0.1, -0.05) is 6.58 Å². The van der Waals surface area contributed by atoms with Crippen molar-refractivity contribution < 1.29 is 0 Å². The second-order valence-electron chi connectivity index (χ2n) is 4.05. The smallest absolute Gasteiger partial charge is 0.260 e. The zero-order valence-electron chi connectivity index (χ0n) is 8.88. The molecule has 2 heterocycles. The van der Waals surface area contributed by atoms with Gasteiger partial charge in [-0.2, -0.15) is 0 Å². The first kappa shape index (κ1) is 9.78. The van der Waals surface area contributed by atoms with Gasteiger partial charge in [-0.05, 0) is 37.3 Å². The van der Waals surface area contributed by atoms with Gasteiger partial charge in [0.25, 0.3) is 5.56 Å². The average Bonchev–Trinajstić information content (AvgIpc) is 2.67. The molecule has 0 bridgehead atoms. The molecule has 2 aromatic heterocycles. The van der Waals surface area contributed by atoms with Crippen molar-refractivity contribution in [3.8, 4) is 0 Å². The monoisotopic (exact) mass is 232 g/mol. The highest BCUT2D eigenvalue weighted by atomic mass is 32.1. The van der Waals surface area contributed by atoms with Crippen molar-refractivity contribution in [2.45, 2.75) is 25.7 Å². The van der Waals surface area contributed by atoms with Crippen LogP contribution >= 0.6 is 11.3 Å². The first-order chi connectivity index (χ1) is 7.79. The van der Waals surface area contributed by atoms with E-state index < -0.39 is 0 Å². The number of nitrogens with zero attached hydrogens (tertiary/aromatic N) is 1. The minimum Gasteiger partial charge on any atom is -0.306 e. The molecule has 1 aliphatic carbocycles. The summed E-state index contributed by atoms with van der Waals surface area (Å²) in [6.45, 7) is 3.63.